The van der Waals surface area contributed by atoms with E-state index in [2.05, 4.69) is 31.5 Å². The number of halogens is 1. The first-order valence-corrected chi connectivity index (χ1v) is 13.9. The van der Waals surface area contributed by atoms with Crippen LogP contribution in [0.5, 0.6) is 5.75 Å². The van der Waals surface area contributed by atoms with Crippen LogP contribution in [0.25, 0.3) is 0 Å². The Hall–Kier alpha value is -4.71. The first-order valence-electron chi connectivity index (χ1n) is 13.5. The Kier molecular flexibility index (Phi) is 8.53. The molecule has 218 valence electrons. The second-order valence-corrected chi connectivity index (χ2v) is 10.4. The van der Waals surface area contributed by atoms with Crippen LogP contribution in [-0.4, -0.2) is 54.5 Å². The van der Waals surface area contributed by atoms with Crippen LogP contribution < -0.4 is 30.9 Å². The highest BCUT2D eigenvalue weighted by atomic mass is 35.5. The summed E-state index contributed by atoms with van der Waals surface area (Å²) in [5, 5.41) is 19.5. The summed E-state index contributed by atoms with van der Waals surface area (Å²) in [6.45, 7) is 0.601. The lowest BCUT2D eigenvalue weighted by atomic mass is 10.1. The number of para-hydroxylation sites is 1. The van der Waals surface area contributed by atoms with E-state index in [9.17, 15) is 19.2 Å². The maximum atomic E-state index is 13.4. The number of carbonyl (C=O) groups is 4. The highest BCUT2D eigenvalue weighted by Crippen LogP contribution is 2.35. The van der Waals surface area contributed by atoms with Gasteiger partial charge in [0.1, 0.15) is 0 Å². The summed E-state index contributed by atoms with van der Waals surface area (Å²) in [6.07, 6.45) is 3.89. The zero-order chi connectivity index (χ0) is 29.8. The van der Waals surface area contributed by atoms with Gasteiger partial charge in [0.2, 0.25) is 11.8 Å². The van der Waals surface area contributed by atoms with Crippen molar-refractivity contribution in [1.29, 1.82) is 0 Å². The highest BCUT2D eigenvalue weighted by Gasteiger charge is 2.30. The van der Waals surface area contributed by atoms with Crippen molar-refractivity contribution < 1.29 is 23.9 Å². The van der Waals surface area contributed by atoms with E-state index < -0.39 is 11.8 Å². The van der Waals surface area contributed by atoms with Crippen molar-refractivity contribution in [3.8, 4) is 5.75 Å². The van der Waals surface area contributed by atoms with Gasteiger partial charge in [0.15, 0.2) is 17.3 Å². The maximum Gasteiger partial charge on any atom is 0.273 e. The Balaban J connectivity index is 1.39. The predicted molar refractivity (Wildman–Crippen MR) is 159 cm³/mol. The van der Waals surface area contributed by atoms with E-state index in [4.69, 9.17) is 16.3 Å². The van der Waals surface area contributed by atoms with Crippen LogP contribution in [0.3, 0.4) is 0 Å². The van der Waals surface area contributed by atoms with Gasteiger partial charge < -0.3 is 30.9 Å². The molecule has 1 saturated heterocycles. The number of aromatic nitrogens is 2. The molecule has 2 aliphatic rings. The third-order valence-corrected chi connectivity index (χ3v) is 7.29. The average molecular weight is 592 g/mol. The molecule has 2 aromatic carbocycles. The Morgan fingerprint density at radius 1 is 1.00 bits per heavy atom. The molecule has 4 amide bonds. The number of amides is 4. The summed E-state index contributed by atoms with van der Waals surface area (Å²) in [6, 6.07) is 11.4. The number of nitrogens with one attached hydrogen (secondary N) is 4. The number of nitrogens with zero attached hydrogens (tertiary/aromatic N) is 3. The number of hydrogen-bond donors (Lipinski definition) is 4. The fraction of sp³-hybridized carbons (Fsp3) is 0.310. The zero-order valence-electron chi connectivity index (χ0n) is 23.1. The summed E-state index contributed by atoms with van der Waals surface area (Å²) >= 11 is 6.50. The first-order chi connectivity index (χ1) is 20.3. The fourth-order valence-electron chi connectivity index (χ4n) is 4.65. The van der Waals surface area contributed by atoms with Crippen LogP contribution in [0.15, 0.2) is 42.5 Å². The number of ether oxygens (including phenoxy) is 1. The number of piperidine rings is 1. The van der Waals surface area contributed by atoms with Gasteiger partial charge in [-0.25, -0.2) is 0 Å². The highest BCUT2D eigenvalue weighted by molar-refractivity contribution is 6.34. The monoisotopic (exact) mass is 591 g/mol. The third-order valence-electron chi connectivity index (χ3n) is 6.99. The van der Waals surface area contributed by atoms with Crippen LogP contribution in [0, 0.1) is 5.92 Å². The summed E-state index contributed by atoms with van der Waals surface area (Å²) < 4.78 is 5.60. The van der Waals surface area contributed by atoms with E-state index in [-0.39, 0.29) is 46.2 Å². The van der Waals surface area contributed by atoms with Crippen LogP contribution in [0.2, 0.25) is 5.02 Å². The topological polar surface area (TPSA) is 155 Å². The Labute approximate surface area is 247 Å². The van der Waals surface area contributed by atoms with Gasteiger partial charge in [0.25, 0.3) is 11.8 Å². The van der Waals surface area contributed by atoms with Crippen molar-refractivity contribution >= 4 is 63.8 Å². The molecule has 0 bridgehead atoms. The minimum atomic E-state index is -0.496. The van der Waals surface area contributed by atoms with E-state index in [1.807, 2.05) is 0 Å². The van der Waals surface area contributed by atoms with Crippen molar-refractivity contribution in [3.05, 3.63) is 58.7 Å². The molecule has 13 heteroatoms. The van der Waals surface area contributed by atoms with Gasteiger partial charge in [-0.05, 0) is 56.0 Å². The number of benzene rings is 2. The van der Waals surface area contributed by atoms with Gasteiger partial charge in [-0.2, -0.15) is 0 Å². The quantitative estimate of drug-likeness (QED) is 0.286. The lowest BCUT2D eigenvalue weighted by Gasteiger charge is -2.27. The van der Waals surface area contributed by atoms with Crippen LogP contribution in [-0.2, 0) is 9.59 Å². The van der Waals surface area contributed by atoms with Crippen molar-refractivity contribution in [2.75, 3.05) is 41.6 Å². The van der Waals surface area contributed by atoms with Gasteiger partial charge in [-0.3, -0.25) is 19.2 Å². The van der Waals surface area contributed by atoms with E-state index in [0.717, 1.165) is 25.7 Å². The van der Waals surface area contributed by atoms with E-state index in [0.29, 0.717) is 35.1 Å². The smallest absolute Gasteiger partial charge is 0.273 e. The molecule has 4 N–H and O–H groups in total. The zero-order valence-corrected chi connectivity index (χ0v) is 23.9. The van der Waals surface area contributed by atoms with Crippen LogP contribution in [0.4, 0.5) is 28.6 Å². The predicted octanol–water partition coefficient (Wildman–Crippen LogP) is 4.36. The molecular formula is C29H30ClN7O5. The number of methoxy groups -OCH3 is 1. The van der Waals surface area contributed by atoms with Crippen molar-refractivity contribution in [2.24, 2.45) is 5.92 Å². The Morgan fingerprint density at radius 2 is 1.81 bits per heavy atom. The van der Waals surface area contributed by atoms with Gasteiger partial charge >= 0.3 is 0 Å². The molecule has 1 aliphatic carbocycles. The molecule has 12 nitrogen and oxygen atoms in total. The molecule has 42 heavy (non-hydrogen) atoms. The number of hydrogen-bond acceptors (Lipinski definition) is 8. The van der Waals surface area contributed by atoms with Gasteiger partial charge in [-0.1, -0.05) is 17.7 Å². The standard InChI is InChI=1S/C29H30ClN7O5/c1-31-29(41)25-21(15-23(35-36-25)34-27(39)16-9-10-16)33-20-7-5-6-18(26(20)42-2)28(40)32-17-11-12-22(19(30)14-17)37-13-4-3-8-24(37)38/h5-7,11-12,14-16H,3-4,8-10,13H2,1-2H3,(H,31,41)(H,32,40)(H2,33,34,35,39). The number of rotatable bonds is 9. The maximum absolute atomic E-state index is 13.4. The first kappa shape index (κ1) is 28.8. The summed E-state index contributed by atoms with van der Waals surface area (Å²) in [7, 11) is 2.88. The van der Waals surface area contributed by atoms with E-state index in [1.165, 1.54) is 20.2 Å². The largest absolute Gasteiger partial charge is 0.494 e. The van der Waals surface area contributed by atoms with Crippen LogP contribution in [0.1, 0.15) is 53.0 Å². The molecule has 2 fully saturated rings. The van der Waals surface area contributed by atoms with Crippen molar-refractivity contribution in [1.82, 2.24) is 15.5 Å². The third kappa shape index (κ3) is 6.28. The van der Waals surface area contributed by atoms with Crippen molar-refractivity contribution in [2.45, 2.75) is 32.1 Å². The minimum absolute atomic E-state index is 0.0132. The fourth-order valence-corrected chi connectivity index (χ4v) is 4.93. The molecule has 1 aliphatic heterocycles. The molecule has 0 radical (unpaired) electrons. The molecule has 1 saturated carbocycles. The van der Waals surface area contributed by atoms with E-state index >= 15 is 0 Å². The second-order valence-electron chi connectivity index (χ2n) is 9.97. The lowest BCUT2D eigenvalue weighted by Crippen LogP contribution is -2.35. The minimum Gasteiger partial charge on any atom is -0.494 e. The lowest BCUT2D eigenvalue weighted by molar-refractivity contribution is -0.119. The van der Waals surface area contributed by atoms with Crippen LogP contribution >= 0.6 is 11.6 Å². The molecule has 5 rings (SSSR count). The number of carbonyl (C=O) groups excluding carboxylic acids is 4. The second kappa shape index (κ2) is 12.4. The SMILES string of the molecule is CNC(=O)c1nnc(NC(=O)C2CC2)cc1Nc1cccc(C(=O)Nc2ccc(N3CCCCC3=O)c(Cl)c2)c1OC. The van der Waals surface area contributed by atoms with E-state index in [1.54, 1.807) is 41.3 Å². The Bertz CT molecular complexity index is 1560. The molecule has 0 spiro atoms. The van der Waals surface area contributed by atoms with Gasteiger partial charge in [0, 0.05) is 37.7 Å². The average Bonchev–Trinajstić information content (AvgIpc) is 3.83. The summed E-state index contributed by atoms with van der Waals surface area (Å²) in [5.41, 5.74) is 1.87. The molecule has 3 aromatic rings. The molecule has 0 atom stereocenters. The molecular weight excluding hydrogens is 562 g/mol. The normalized spacial score (nSPS) is 14.6. The Morgan fingerprint density at radius 3 is 2.50 bits per heavy atom. The van der Waals surface area contributed by atoms with Crippen molar-refractivity contribution in [3.63, 3.8) is 0 Å². The molecule has 1 aromatic heterocycles. The van der Waals surface area contributed by atoms with Gasteiger partial charge in [-0.15, -0.1) is 10.2 Å². The molecule has 0 unspecified atom stereocenters. The summed E-state index contributed by atoms with van der Waals surface area (Å²) in [5.74, 6) is -0.753. The number of anilines is 5. The van der Waals surface area contributed by atoms with Gasteiger partial charge in [0.05, 0.1) is 34.8 Å². The summed E-state index contributed by atoms with van der Waals surface area (Å²) in [4.78, 5) is 52.1. The molecule has 2 heterocycles.